The van der Waals surface area contributed by atoms with Crippen LogP contribution in [0, 0.1) is 5.92 Å². The molecule has 1 heterocycles. The van der Waals surface area contributed by atoms with Gasteiger partial charge in [0.2, 0.25) is 5.91 Å². The Morgan fingerprint density at radius 1 is 1.73 bits per heavy atom. The van der Waals surface area contributed by atoms with Gasteiger partial charge in [-0.15, -0.1) is 0 Å². The molecule has 1 rings (SSSR count). The van der Waals surface area contributed by atoms with Crippen LogP contribution in [0.3, 0.4) is 0 Å². The van der Waals surface area contributed by atoms with E-state index < -0.39 is 0 Å². The van der Waals surface area contributed by atoms with E-state index in [1.165, 1.54) is 0 Å². The lowest BCUT2D eigenvalue weighted by Gasteiger charge is -2.11. The number of nitrogens with one attached hydrogen (secondary N) is 1. The highest BCUT2D eigenvalue weighted by Gasteiger charge is 2.19. The summed E-state index contributed by atoms with van der Waals surface area (Å²) in [6.07, 6.45) is 1.07. The molecule has 6 nitrogen and oxygen atoms in total. The Morgan fingerprint density at radius 2 is 2.47 bits per heavy atom. The van der Waals surface area contributed by atoms with Crippen molar-refractivity contribution in [3.8, 4) is 0 Å². The predicted molar refractivity (Wildman–Crippen MR) is 56.6 cm³/mol. The number of rotatable bonds is 4. The van der Waals surface area contributed by atoms with Crippen molar-refractivity contribution in [3.63, 3.8) is 0 Å². The lowest BCUT2D eigenvalue weighted by atomic mass is 10.1. The summed E-state index contributed by atoms with van der Waals surface area (Å²) in [6, 6.07) is 0. The zero-order valence-corrected chi connectivity index (χ0v) is 8.94. The van der Waals surface area contributed by atoms with Crippen LogP contribution in [0.5, 0.6) is 0 Å². The summed E-state index contributed by atoms with van der Waals surface area (Å²) < 4.78 is 0. The van der Waals surface area contributed by atoms with Crippen molar-refractivity contribution in [2.45, 2.75) is 12.8 Å². The van der Waals surface area contributed by atoms with E-state index in [4.69, 9.17) is 10.9 Å². The van der Waals surface area contributed by atoms with Gasteiger partial charge in [-0.05, 0) is 25.9 Å². The molecule has 1 aliphatic rings. The summed E-state index contributed by atoms with van der Waals surface area (Å²) in [4.78, 5) is 13.5. The molecule has 86 valence electrons. The van der Waals surface area contributed by atoms with Gasteiger partial charge in [0.25, 0.3) is 0 Å². The Bertz CT molecular complexity index is 254. The SMILES string of the molecule is CN1CCC(CNC(=O)C/C(N)=N/O)C1. The minimum Gasteiger partial charge on any atom is -0.409 e. The van der Waals surface area contributed by atoms with Crippen molar-refractivity contribution in [2.24, 2.45) is 16.8 Å². The van der Waals surface area contributed by atoms with Gasteiger partial charge in [-0.2, -0.15) is 0 Å². The zero-order valence-electron chi connectivity index (χ0n) is 8.94. The maximum atomic E-state index is 11.3. The zero-order chi connectivity index (χ0) is 11.3. The van der Waals surface area contributed by atoms with Gasteiger partial charge in [-0.1, -0.05) is 5.16 Å². The summed E-state index contributed by atoms with van der Waals surface area (Å²) in [5, 5.41) is 13.8. The van der Waals surface area contributed by atoms with Crippen molar-refractivity contribution in [1.29, 1.82) is 0 Å². The van der Waals surface area contributed by atoms with E-state index >= 15 is 0 Å². The van der Waals surface area contributed by atoms with Crippen LogP contribution in [0.1, 0.15) is 12.8 Å². The number of nitrogens with two attached hydrogens (primary N) is 1. The van der Waals surface area contributed by atoms with E-state index in [-0.39, 0.29) is 18.2 Å². The molecule has 1 saturated heterocycles. The third-order valence-corrected chi connectivity index (χ3v) is 2.55. The fourth-order valence-corrected chi connectivity index (χ4v) is 1.71. The summed E-state index contributed by atoms with van der Waals surface area (Å²) in [5.74, 6) is 0.266. The van der Waals surface area contributed by atoms with Gasteiger partial charge in [-0.3, -0.25) is 4.79 Å². The Hall–Kier alpha value is -1.30. The van der Waals surface area contributed by atoms with Crippen LogP contribution in [0.4, 0.5) is 0 Å². The molecule has 0 aromatic rings. The molecule has 6 heteroatoms. The molecule has 0 aromatic carbocycles. The van der Waals surface area contributed by atoms with Gasteiger partial charge < -0.3 is 21.2 Å². The monoisotopic (exact) mass is 214 g/mol. The van der Waals surface area contributed by atoms with Gasteiger partial charge in [0, 0.05) is 13.1 Å². The van der Waals surface area contributed by atoms with Crippen LogP contribution in [0.2, 0.25) is 0 Å². The number of hydrogen-bond donors (Lipinski definition) is 3. The molecule has 0 aromatic heterocycles. The number of carbonyl (C=O) groups excluding carboxylic acids is 1. The van der Waals surface area contributed by atoms with Crippen molar-refractivity contribution >= 4 is 11.7 Å². The Balaban J connectivity index is 2.17. The van der Waals surface area contributed by atoms with Crippen LogP contribution >= 0.6 is 0 Å². The fraction of sp³-hybridized carbons (Fsp3) is 0.778. The highest BCUT2D eigenvalue weighted by molar-refractivity contribution is 5.98. The van der Waals surface area contributed by atoms with E-state index in [0.717, 1.165) is 19.5 Å². The molecule has 1 aliphatic heterocycles. The van der Waals surface area contributed by atoms with Gasteiger partial charge in [0.15, 0.2) is 0 Å². The first kappa shape index (κ1) is 11.8. The highest BCUT2D eigenvalue weighted by Crippen LogP contribution is 2.12. The Labute approximate surface area is 89.1 Å². The molecule has 1 fully saturated rings. The number of amides is 1. The van der Waals surface area contributed by atoms with E-state index in [0.29, 0.717) is 12.5 Å². The van der Waals surface area contributed by atoms with Crippen molar-refractivity contribution < 1.29 is 10.0 Å². The molecule has 15 heavy (non-hydrogen) atoms. The number of carbonyl (C=O) groups is 1. The Kier molecular flexibility index (Phi) is 4.36. The third kappa shape index (κ3) is 4.16. The molecule has 0 spiro atoms. The Morgan fingerprint density at radius 3 is 3.00 bits per heavy atom. The molecule has 0 saturated carbocycles. The summed E-state index contributed by atoms with van der Waals surface area (Å²) >= 11 is 0. The highest BCUT2D eigenvalue weighted by atomic mass is 16.4. The largest absolute Gasteiger partial charge is 0.409 e. The van der Waals surface area contributed by atoms with Crippen LogP contribution in [0.25, 0.3) is 0 Å². The molecular weight excluding hydrogens is 196 g/mol. The summed E-state index contributed by atoms with van der Waals surface area (Å²) in [7, 11) is 2.07. The van der Waals surface area contributed by atoms with Crippen molar-refractivity contribution in [2.75, 3.05) is 26.7 Å². The van der Waals surface area contributed by atoms with E-state index in [2.05, 4.69) is 22.4 Å². The minimum absolute atomic E-state index is 0.0426. The van der Waals surface area contributed by atoms with Crippen molar-refractivity contribution in [1.82, 2.24) is 10.2 Å². The summed E-state index contributed by atoms with van der Waals surface area (Å²) in [6.45, 7) is 2.77. The molecule has 0 radical (unpaired) electrons. The first-order valence-corrected chi connectivity index (χ1v) is 5.03. The predicted octanol–water partition coefficient (Wildman–Crippen LogP) is -0.809. The lowest BCUT2D eigenvalue weighted by Crippen LogP contribution is -2.33. The number of likely N-dealkylation sites (tertiary alicyclic amines) is 1. The number of oxime groups is 1. The maximum absolute atomic E-state index is 11.3. The minimum atomic E-state index is -0.195. The van der Waals surface area contributed by atoms with E-state index in [9.17, 15) is 4.79 Å². The summed E-state index contributed by atoms with van der Waals surface area (Å²) in [5.41, 5.74) is 5.21. The lowest BCUT2D eigenvalue weighted by molar-refractivity contribution is -0.120. The molecule has 1 atom stereocenters. The van der Waals surface area contributed by atoms with Crippen molar-refractivity contribution in [3.05, 3.63) is 0 Å². The normalized spacial score (nSPS) is 23.0. The average Bonchev–Trinajstić information content (AvgIpc) is 2.61. The molecular formula is C9H18N4O2. The number of nitrogens with zero attached hydrogens (tertiary/aromatic N) is 2. The van der Waals surface area contributed by atoms with Gasteiger partial charge in [0.05, 0.1) is 6.42 Å². The van der Waals surface area contributed by atoms with Gasteiger partial charge >= 0.3 is 0 Å². The quantitative estimate of drug-likeness (QED) is 0.247. The van der Waals surface area contributed by atoms with E-state index in [1.54, 1.807) is 0 Å². The van der Waals surface area contributed by atoms with Crippen LogP contribution in [0.15, 0.2) is 5.16 Å². The number of hydrogen-bond acceptors (Lipinski definition) is 4. The smallest absolute Gasteiger partial charge is 0.227 e. The molecule has 0 aliphatic carbocycles. The first-order valence-electron chi connectivity index (χ1n) is 5.03. The second-order valence-corrected chi connectivity index (χ2v) is 3.99. The van der Waals surface area contributed by atoms with Gasteiger partial charge in [-0.25, -0.2) is 0 Å². The maximum Gasteiger partial charge on any atom is 0.227 e. The first-order chi connectivity index (χ1) is 7.11. The second kappa shape index (κ2) is 5.55. The standard InChI is InChI=1S/C9H18N4O2/c1-13-3-2-7(6-13)5-11-9(14)4-8(10)12-15/h7,15H,2-6H2,1H3,(H2,10,12)(H,11,14). The average molecular weight is 214 g/mol. The topological polar surface area (TPSA) is 91.0 Å². The molecule has 1 unspecified atom stereocenters. The second-order valence-electron chi connectivity index (χ2n) is 3.99. The van der Waals surface area contributed by atoms with Crippen LogP contribution < -0.4 is 11.1 Å². The van der Waals surface area contributed by atoms with E-state index in [1.807, 2.05) is 0 Å². The molecule has 4 N–H and O–H groups in total. The van der Waals surface area contributed by atoms with Gasteiger partial charge in [0.1, 0.15) is 5.84 Å². The van der Waals surface area contributed by atoms with Crippen LogP contribution in [-0.4, -0.2) is 48.5 Å². The third-order valence-electron chi connectivity index (χ3n) is 2.55. The molecule has 1 amide bonds. The fourth-order valence-electron chi connectivity index (χ4n) is 1.71. The number of amidine groups is 1. The van der Waals surface area contributed by atoms with Crippen LogP contribution in [-0.2, 0) is 4.79 Å². The molecule has 0 bridgehead atoms.